The number of nitrogen functional groups attached to an aromatic ring is 1. The number of rotatable bonds is 8. The summed E-state index contributed by atoms with van der Waals surface area (Å²) in [7, 11) is 0. The van der Waals surface area contributed by atoms with Crippen molar-refractivity contribution in [2.45, 2.75) is 25.9 Å². The summed E-state index contributed by atoms with van der Waals surface area (Å²) in [4.78, 5) is 29.0. The number of nitrogens with zero attached hydrogens (tertiary/aromatic N) is 2. The van der Waals surface area contributed by atoms with E-state index in [0.29, 0.717) is 34.8 Å². The molecule has 0 aliphatic rings. The van der Waals surface area contributed by atoms with Crippen molar-refractivity contribution in [1.82, 2.24) is 14.9 Å². The molecule has 1 unspecified atom stereocenters. The number of aromatic nitrogens is 2. The number of hydrogen-bond acceptors (Lipinski definition) is 5. The molecule has 0 saturated heterocycles. The molecule has 0 aliphatic heterocycles. The van der Waals surface area contributed by atoms with Crippen LogP contribution in [0.1, 0.15) is 39.5 Å². The van der Waals surface area contributed by atoms with Crippen LogP contribution in [0.25, 0.3) is 0 Å². The molecule has 4 N–H and O–H groups in total. The van der Waals surface area contributed by atoms with Crippen LogP contribution in [0, 0.1) is 5.41 Å². The SMILES string of the molecule is CC(NC(=O)c1cncc(Cc2ccc(Cn3ccccc3=O)cc2)c1)C(=N)c1cc(Cl)ccc1N. The van der Waals surface area contributed by atoms with Gasteiger partial charge >= 0.3 is 0 Å². The first kappa shape index (κ1) is 24.9. The van der Waals surface area contributed by atoms with Crippen molar-refractivity contribution >= 4 is 28.9 Å². The van der Waals surface area contributed by atoms with Gasteiger partial charge in [-0.3, -0.25) is 14.6 Å². The van der Waals surface area contributed by atoms with Crippen molar-refractivity contribution in [2.24, 2.45) is 0 Å². The molecule has 0 spiro atoms. The summed E-state index contributed by atoms with van der Waals surface area (Å²) in [5, 5.41) is 11.7. The quantitative estimate of drug-likeness (QED) is 0.247. The number of pyridine rings is 2. The Bertz CT molecular complexity index is 1460. The van der Waals surface area contributed by atoms with Gasteiger partial charge < -0.3 is 21.0 Å². The number of benzene rings is 2. The van der Waals surface area contributed by atoms with Gasteiger partial charge in [0.1, 0.15) is 0 Å². The summed E-state index contributed by atoms with van der Waals surface area (Å²) in [5.74, 6) is -0.328. The molecule has 2 heterocycles. The maximum absolute atomic E-state index is 12.9. The molecule has 1 amide bonds. The van der Waals surface area contributed by atoms with Crippen LogP contribution in [0.4, 0.5) is 5.69 Å². The summed E-state index contributed by atoms with van der Waals surface area (Å²) < 4.78 is 1.66. The topological polar surface area (TPSA) is 114 Å². The predicted molar refractivity (Wildman–Crippen MR) is 143 cm³/mol. The van der Waals surface area contributed by atoms with Gasteiger partial charge in [0.25, 0.3) is 11.5 Å². The summed E-state index contributed by atoms with van der Waals surface area (Å²) >= 11 is 6.04. The highest BCUT2D eigenvalue weighted by Gasteiger charge is 2.18. The molecule has 36 heavy (non-hydrogen) atoms. The third-order valence-corrected chi connectivity index (χ3v) is 6.06. The minimum Gasteiger partial charge on any atom is -0.398 e. The van der Waals surface area contributed by atoms with E-state index in [-0.39, 0.29) is 17.2 Å². The van der Waals surface area contributed by atoms with Gasteiger partial charge in [0, 0.05) is 40.9 Å². The molecule has 7 nitrogen and oxygen atoms in total. The molecule has 8 heteroatoms. The van der Waals surface area contributed by atoms with Crippen LogP contribution in [0.2, 0.25) is 5.02 Å². The highest BCUT2D eigenvalue weighted by molar-refractivity contribution is 6.31. The fourth-order valence-corrected chi connectivity index (χ4v) is 4.01. The maximum atomic E-state index is 12.9. The first-order chi connectivity index (χ1) is 17.3. The van der Waals surface area contributed by atoms with Crippen LogP contribution in [-0.4, -0.2) is 27.2 Å². The van der Waals surface area contributed by atoms with E-state index in [9.17, 15) is 9.59 Å². The van der Waals surface area contributed by atoms with Gasteiger partial charge in [0.15, 0.2) is 0 Å². The summed E-state index contributed by atoms with van der Waals surface area (Å²) in [6.07, 6.45) is 5.60. The normalized spacial score (nSPS) is 11.6. The molecule has 2 aromatic heterocycles. The summed E-state index contributed by atoms with van der Waals surface area (Å²) in [6.45, 7) is 2.23. The molecule has 4 aromatic rings. The third kappa shape index (κ3) is 6.06. The predicted octanol–water partition coefficient (Wildman–Crippen LogP) is 4.30. The van der Waals surface area contributed by atoms with Crippen molar-refractivity contribution in [3.05, 3.63) is 129 Å². The van der Waals surface area contributed by atoms with Crippen LogP contribution in [-0.2, 0) is 13.0 Å². The van der Waals surface area contributed by atoms with E-state index in [1.807, 2.05) is 30.3 Å². The van der Waals surface area contributed by atoms with Gasteiger partial charge in [0.05, 0.1) is 23.9 Å². The van der Waals surface area contributed by atoms with E-state index in [1.54, 1.807) is 60.3 Å². The van der Waals surface area contributed by atoms with Crippen LogP contribution >= 0.6 is 11.6 Å². The molecule has 182 valence electrons. The van der Waals surface area contributed by atoms with E-state index < -0.39 is 6.04 Å². The number of nitrogens with one attached hydrogen (secondary N) is 2. The van der Waals surface area contributed by atoms with Gasteiger partial charge in [0.2, 0.25) is 0 Å². The number of nitrogens with two attached hydrogens (primary N) is 1. The number of halogens is 1. The van der Waals surface area contributed by atoms with Gasteiger partial charge in [-0.05, 0) is 60.4 Å². The molecule has 0 bridgehead atoms. The zero-order valence-corrected chi connectivity index (χ0v) is 20.5. The lowest BCUT2D eigenvalue weighted by molar-refractivity contribution is 0.0948. The fourth-order valence-electron chi connectivity index (χ4n) is 3.84. The lowest BCUT2D eigenvalue weighted by Gasteiger charge is -2.17. The molecule has 0 aliphatic carbocycles. The maximum Gasteiger partial charge on any atom is 0.253 e. The second-order valence-corrected chi connectivity index (χ2v) is 9.02. The highest BCUT2D eigenvalue weighted by Crippen LogP contribution is 2.20. The number of amides is 1. The van der Waals surface area contributed by atoms with Crippen LogP contribution in [0.15, 0.2) is 90.1 Å². The first-order valence-electron chi connectivity index (χ1n) is 11.4. The largest absolute Gasteiger partial charge is 0.398 e. The fraction of sp³-hybridized carbons (Fsp3) is 0.143. The molecule has 4 rings (SSSR count). The first-order valence-corrected chi connectivity index (χ1v) is 11.8. The third-order valence-electron chi connectivity index (χ3n) is 5.83. The number of hydrogen-bond donors (Lipinski definition) is 3. The van der Waals surface area contributed by atoms with Crippen LogP contribution in [0.5, 0.6) is 0 Å². The van der Waals surface area contributed by atoms with E-state index in [0.717, 1.165) is 16.7 Å². The minimum atomic E-state index is -0.577. The number of carbonyl (C=O) groups is 1. The van der Waals surface area contributed by atoms with E-state index in [1.165, 1.54) is 6.20 Å². The minimum absolute atomic E-state index is 0.0387. The zero-order chi connectivity index (χ0) is 25.7. The van der Waals surface area contributed by atoms with Crippen molar-refractivity contribution < 1.29 is 4.79 Å². The van der Waals surface area contributed by atoms with Crippen molar-refractivity contribution in [3.8, 4) is 0 Å². The Balaban J connectivity index is 1.40. The zero-order valence-electron chi connectivity index (χ0n) is 19.7. The molecule has 0 saturated carbocycles. The van der Waals surface area contributed by atoms with Gasteiger partial charge in [-0.2, -0.15) is 0 Å². The molecule has 0 radical (unpaired) electrons. The van der Waals surface area contributed by atoms with Crippen LogP contribution < -0.4 is 16.6 Å². The Hall–Kier alpha value is -4.23. The Kier molecular flexibility index (Phi) is 7.61. The van der Waals surface area contributed by atoms with Crippen molar-refractivity contribution in [2.75, 3.05) is 5.73 Å². The van der Waals surface area contributed by atoms with Gasteiger partial charge in [-0.15, -0.1) is 0 Å². The number of carbonyl (C=O) groups excluding carboxylic acids is 1. The van der Waals surface area contributed by atoms with Gasteiger partial charge in [-0.25, -0.2) is 0 Å². The Morgan fingerprint density at radius 3 is 2.56 bits per heavy atom. The molecule has 1 atom stereocenters. The lowest BCUT2D eigenvalue weighted by atomic mass is 10.0. The van der Waals surface area contributed by atoms with E-state index in [2.05, 4.69) is 10.3 Å². The average molecular weight is 500 g/mol. The molecule has 2 aromatic carbocycles. The van der Waals surface area contributed by atoms with E-state index >= 15 is 0 Å². The Morgan fingerprint density at radius 1 is 1.06 bits per heavy atom. The number of anilines is 1. The van der Waals surface area contributed by atoms with Crippen LogP contribution in [0.3, 0.4) is 0 Å². The molecular formula is C28H26ClN5O2. The second-order valence-electron chi connectivity index (χ2n) is 8.58. The summed E-state index contributed by atoms with van der Waals surface area (Å²) in [5.41, 5.74) is 10.4. The van der Waals surface area contributed by atoms with Crippen molar-refractivity contribution in [1.29, 1.82) is 5.41 Å². The smallest absolute Gasteiger partial charge is 0.253 e. The lowest BCUT2D eigenvalue weighted by Crippen LogP contribution is -2.39. The monoisotopic (exact) mass is 499 g/mol. The average Bonchev–Trinajstić information content (AvgIpc) is 2.87. The molecule has 0 fully saturated rings. The standard InChI is InChI=1S/C28H26ClN5O2/c1-18(27(31)24-14-23(29)9-10-25(24)30)33-28(36)22-13-21(15-32-16-22)12-19-5-7-20(8-6-19)17-34-11-3-2-4-26(34)35/h2-11,13-16,18,31H,12,17,30H2,1H3,(H,33,36). The second kappa shape index (κ2) is 11.0. The Morgan fingerprint density at radius 2 is 1.81 bits per heavy atom. The van der Waals surface area contributed by atoms with Gasteiger partial charge in [-0.1, -0.05) is 41.9 Å². The highest BCUT2D eigenvalue weighted by atomic mass is 35.5. The van der Waals surface area contributed by atoms with E-state index in [4.69, 9.17) is 22.7 Å². The summed E-state index contributed by atoms with van der Waals surface area (Å²) in [6, 6.07) is 19.2. The Labute approximate surface area is 214 Å². The van der Waals surface area contributed by atoms with Crippen molar-refractivity contribution in [3.63, 3.8) is 0 Å². The molecular weight excluding hydrogens is 474 g/mol.